The number of aromatic nitrogens is 5. The Bertz CT molecular complexity index is 2300. The van der Waals surface area contributed by atoms with Gasteiger partial charge in [-0.1, -0.05) is 153 Å². The third-order valence-electron chi connectivity index (χ3n) is 9.96. The van der Waals surface area contributed by atoms with Crippen LogP contribution in [0.4, 0.5) is 14.6 Å². The number of pyridine rings is 1. The minimum Gasteiger partial charge on any atom is -0.461 e. The molecule has 0 fully saturated rings. The zero-order valence-corrected chi connectivity index (χ0v) is 31.6. The maximum atomic E-state index is 15.0. The van der Waals surface area contributed by atoms with Crippen LogP contribution in [0.1, 0.15) is 54.2 Å². The first-order valence-electron chi connectivity index (χ1n) is 18.9. The number of ether oxygens (including phenoxy) is 1. The Morgan fingerprint density at radius 1 is 0.754 bits per heavy atom. The van der Waals surface area contributed by atoms with E-state index in [1.807, 2.05) is 120 Å². The third-order valence-corrected chi connectivity index (χ3v) is 9.96. The lowest BCUT2D eigenvalue weighted by atomic mass is 9.77. The van der Waals surface area contributed by atoms with Crippen molar-refractivity contribution in [3.63, 3.8) is 0 Å². The van der Waals surface area contributed by atoms with Gasteiger partial charge in [-0.15, -0.1) is 5.10 Å². The number of esters is 1. The fraction of sp³-hybridized carbons (Fsp3) is 0.196. The largest absolute Gasteiger partial charge is 0.461 e. The average Bonchev–Trinajstić information content (AvgIpc) is 3.75. The van der Waals surface area contributed by atoms with Crippen LogP contribution in [0.15, 0.2) is 158 Å². The Morgan fingerprint density at radius 3 is 1.88 bits per heavy atom. The maximum absolute atomic E-state index is 15.0. The molecule has 11 heteroatoms. The highest BCUT2D eigenvalue weighted by Crippen LogP contribution is 2.43. The number of hydrogen-bond acceptors (Lipinski definition) is 8. The van der Waals surface area contributed by atoms with Gasteiger partial charge in [0.05, 0.1) is 6.61 Å². The van der Waals surface area contributed by atoms with Gasteiger partial charge in [-0.25, -0.2) is 14.5 Å². The van der Waals surface area contributed by atoms with Crippen LogP contribution in [0.5, 0.6) is 0 Å². The van der Waals surface area contributed by atoms with E-state index in [0.717, 1.165) is 38.9 Å². The number of tetrazole rings is 1. The van der Waals surface area contributed by atoms with E-state index in [0.29, 0.717) is 25.3 Å². The number of carbonyl (C=O) groups excluding carboxylic acids is 1. The van der Waals surface area contributed by atoms with Gasteiger partial charge >= 0.3 is 11.9 Å². The molecule has 1 unspecified atom stereocenters. The van der Waals surface area contributed by atoms with Gasteiger partial charge in [0.25, 0.3) is 0 Å². The van der Waals surface area contributed by atoms with Crippen molar-refractivity contribution < 1.29 is 23.4 Å². The molecule has 0 saturated heterocycles. The number of nitrogens with zero attached hydrogens (tertiary/aromatic N) is 6. The Balaban J connectivity index is 1.27. The summed E-state index contributed by atoms with van der Waals surface area (Å²) < 4.78 is 36.6. The molecule has 0 spiro atoms. The van der Waals surface area contributed by atoms with Gasteiger partial charge in [0.15, 0.2) is 11.9 Å². The maximum Gasteiger partial charge on any atom is 0.380 e. The van der Waals surface area contributed by atoms with Crippen molar-refractivity contribution >= 4 is 11.8 Å². The average molecular weight is 765 g/mol. The van der Waals surface area contributed by atoms with E-state index >= 15 is 8.78 Å². The van der Waals surface area contributed by atoms with Crippen molar-refractivity contribution in [2.45, 2.75) is 44.4 Å². The summed E-state index contributed by atoms with van der Waals surface area (Å²) in [5, 5.41) is 24.5. The molecule has 0 aliphatic heterocycles. The fourth-order valence-electron chi connectivity index (χ4n) is 7.38. The summed E-state index contributed by atoms with van der Waals surface area (Å²) in [5.74, 6) is -5.22. The number of aliphatic hydroxyl groups is 1. The standard InChI is InChI=1S/C46H42F2N6O3/c1-3-31-53(42-40(25-16-30-49-42)41(55)46(47,48)44(56)57-4-2)32-33-26-28-34(29-27-33)38-23-14-15-24-39(38)43-50-51-52-54(43)45(35-17-8-5-9-18-35,36-19-10-6-11-20-36)37-21-12-7-13-22-37/h5-30,41,55H,3-4,31-32H2,1-2H3. The van der Waals surface area contributed by atoms with Crippen LogP contribution < -0.4 is 4.90 Å². The van der Waals surface area contributed by atoms with E-state index in [1.165, 1.54) is 25.3 Å². The fourth-order valence-corrected chi connectivity index (χ4v) is 7.38. The van der Waals surface area contributed by atoms with Crippen LogP contribution in [0.3, 0.4) is 0 Å². The Labute approximate surface area is 330 Å². The number of aliphatic hydroxyl groups excluding tert-OH is 1. The van der Waals surface area contributed by atoms with Gasteiger partial charge in [-0.3, -0.25) is 0 Å². The molecule has 0 radical (unpaired) electrons. The van der Waals surface area contributed by atoms with Gasteiger partial charge in [-0.2, -0.15) is 8.78 Å². The topological polar surface area (TPSA) is 106 Å². The number of benzene rings is 5. The monoisotopic (exact) mass is 764 g/mol. The van der Waals surface area contributed by atoms with Crippen molar-refractivity contribution in [3.05, 3.63) is 186 Å². The van der Waals surface area contributed by atoms with Crippen LogP contribution in [0, 0.1) is 0 Å². The molecule has 0 aliphatic rings. The summed E-state index contributed by atoms with van der Waals surface area (Å²) in [5.41, 5.74) is 5.40. The second-order valence-electron chi connectivity index (χ2n) is 13.5. The Kier molecular flexibility index (Phi) is 11.6. The molecule has 0 amide bonds. The van der Waals surface area contributed by atoms with Crippen molar-refractivity contribution in [2.75, 3.05) is 18.1 Å². The SMILES string of the molecule is CCCN(Cc1ccc(-c2ccccc2-c2nnnn2C(c2ccccc2)(c2ccccc2)c2ccccc2)cc1)c1ncccc1C(O)C(F)(F)C(=O)OCC. The lowest BCUT2D eigenvalue weighted by Crippen LogP contribution is -2.39. The number of halogens is 2. The first-order chi connectivity index (χ1) is 27.8. The number of rotatable bonds is 15. The van der Waals surface area contributed by atoms with Gasteiger partial charge in [0, 0.05) is 30.4 Å². The predicted octanol–water partition coefficient (Wildman–Crippen LogP) is 8.89. The van der Waals surface area contributed by atoms with Crippen molar-refractivity contribution in [1.82, 2.24) is 25.2 Å². The molecular weight excluding hydrogens is 723 g/mol. The molecule has 0 bridgehead atoms. The summed E-state index contributed by atoms with van der Waals surface area (Å²) in [4.78, 5) is 18.3. The van der Waals surface area contributed by atoms with E-state index in [9.17, 15) is 9.90 Å². The van der Waals surface area contributed by atoms with Gasteiger partial charge < -0.3 is 14.7 Å². The molecule has 0 saturated carbocycles. The molecule has 1 N–H and O–H groups in total. The van der Waals surface area contributed by atoms with Crippen molar-refractivity contribution in [3.8, 4) is 22.5 Å². The first kappa shape index (κ1) is 38.7. The zero-order valence-electron chi connectivity index (χ0n) is 31.6. The second kappa shape index (κ2) is 17.1. The van der Waals surface area contributed by atoms with Gasteiger partial charge in [0.2, 0.25) is 0 Å². The summed E-state index contributed by atoms with van der Waals surface area (Å²) >= 11 is 0. The van der Waals surface area contributed by atoms with Crippen LogP contribution in [-0.4, -0.2) is 55.3 Å². The van der Waals surface area contributed by atoms with E-state index in [1.54, 1.807) is 0 Å². The number of carbonyl (C=O) groups is 1. The molecule has 5 aromatic carbocycles. The zero-order chi connectivity index (χ0) is 39.8. The summed E-state index contributed by atoms with van der Waals surface area (Å²) in [6, 6.07) is 49.5. The molecule has 7 aromatic rings. The minimum absolute atomic E-state index is 0.162. The van der Waals surface area contributed by atoms with Crippen molar-refractivity contribution in [1.29, 1.82) is 0 Å². The molecule has 7 rings (SSSR count). The van der Waals surface area contributed by atoms with Gasteiger partial charge in [0.1, 0.15) is 11.4 Å². The lowest BCUT2D eigenvalue weighted by Gasteiger charge is -2.36. The van der Waals surface area contributed by atoms with Crippen molar-refractivity contribution in [2.24, 2.45) is 0 Å². The van der Waals surface area contributed by atoms with Crippen LogP contribution in [0.2, 0.25) is 0 Å². The van der Waals surface area contributed by atoms with E-state index < -0.39 is 23.5 Å². The van der Waals surface area contributed by atoms with Gasteiger partial charge in [-0.05, 0) is 63.2 Å². The van der Waals surface area contributed by atoms with E-state index in [4.69, 9.17) is 5.21 Å². The lowest BCUT2D eigenvalue weighted by molar-refractivity contribution is -0.189. The minimum atomic E-state index is -4.16. The van der Waals surface area contributed by atoms with E-state index in [-0.39, 0.29) is 18.0 Å². The number of hydrogen-bond donors (Lipinski definition) is 1. The first-order valence-corrected chi connectivity index (χ1v) is 18.9. The Hall–Kier alpha value is -6.59. The predicted molar refractivity (Wildman–Crippen MR) is 215 cm³/mol. The highest BCUT2D eigenvalue weighted by Gasteiger charge is 2.50. The summed E-state index contributed by atoms with van der Waals surface area (Å²) in [6.45, 7) is 3.93. The molecule has 0 aliphatic carbocycles. The molecule has 2 heterocycles. The summed E-state index contributed by atoms with van der Waals surface area (Å²) in [6.07, 6.45) is -0.289. The normalized spacial score (nSPS) is 12.2. The quantitative estimate of drug-likeness (QED) is 0.0816. The van der Waals surface area contributed by atoms with E-state index in [2.05, 4.69) is 56.4 Å². The molecule has 2 aromatic heterocycles. The smallest absolute Gasteiger partial charge is 0.380 e. The molecule has 9 nitrogen and oxygen atoms in total. The molecule has 1 atom stereocenters. The highest BCUT2D eigenvalue weighted by atomic mass is 19.3. The molecule has 57 heavy (non-hydrogen) atoms. The second-order valence-corrected chi connectivity index (χ2v) is 13.5. The number of alkyl halides is 2. The molecule has 288 valence electrons. The highest BCUT2D eigenvalue weighted by molar-refractivity contribution is 5.81. The van der Waals surface area contributed by atoms with Crippen LogP contribution >= 0.6 is 0 Å². The molecular formula is C46H42F2N6O3. The number of anilines is 1. The third kappa shape index (κ3) is 7.53. The van der Waals surface area contributed by atoms with Crippen LogP contribution in [-0.2, 0) is 21.6 Å². The summed E-state index contributed by atoms with van der Waals surface area (Å²) in [7, 11) is 0. The van der Waals surface area contributed by atoms with Crippen LogP contribution in [0.25, 0.3) is 22.5 Å². The Morgan fingerprint density at radius 2 is 1.32 bits per heavy atom.